The first-order valence-corrected chi connectivity index (χ1v) is 5.84. The van der Waals surface area contributed by atoms with E-state index < -0.39 is 49.5 Å². The number of carbonyl (C=O) groups excluding carboxylic acids is 2. The molecule has 1 N–H and O–H groups in total. The van der Waals surface area contributed by atoms with Gasteiger partial charge in [-0.1, -0.05) is 6.92 Å². The summed E-state index contributed by atoms with van der Waals surface area (Å²) in [6, 6.07) is 0. The highest BCUT2D eigenvalue weighted by Crippen LogP contribution is 2.31. The number of amides is 1. The SMILES string of the molecule is CCC1(OC(=O)C(F)(F)F)CNCCN1C(=O)C(F)(F)F. The van der Waals surface area contributed by atoms with Crippen molar-refractivity contribution in [3.63, 3.8) is 0 Å². The summed E-state index contributed by atoms with van der Waals surface area (Å²) in [6.07, 6.45) is -11.1. The number of halogens is 6. The van der Waals surface area contributed by atoms with Crippen molar-refractivity contribution in [1.29, 1.82) is 0 Å². The molecular formula is C10H12F6N2O3. The standard InChI is InChI=1S/C10H12F6N2O3/c1-2-8(21-7(20)10(14,15)16)5-17-3-4-18(8)6(19)9(11,12)13/h17H,2-5H2,1H3. The first kappa shape index (κ1) is 17.5. The molecule has 1 saturated heterocycles. The van der Waals surface area contributed by atoms with Crippen LogP contribution < -0.4 is 5.32 Å². The van der Waals surface area contributed by atoms with Gasteiger partial charge in [0.25, 0.3) is 0 Å². The molecule has 0 aromatic heterocycles. The summed E-state index contributed by atoms with van der Waals surface area (Å²) in [4.78, 5) is 22.4. The van der Waals surface area contributed by atoms with Gasteiger partial charge in [0.15, 0.2) is 0 Å². The Hall–Kier alpha value is -1.52. The molecular weight excluding hydrogens is 310 g/mol. The molecule has 1 aliphatic heterocycles. The number of esters is 1. The Bertz CT molecular complexity index is 422. The van der Waals surface area contributed by atoms with Crippen molar-refractivity contribution in [3.05, 3.63) is 0 Å². The minimum atomic E-state index is -5.37. The van der Waals surface area contributed by atoms with Gasteiger partial charge in [0, 0.05) is 19.5 Å². The number of ether oxygens (including phenoxy) is 1. The highest BCUT2D eigenvalue weighted by Gasteiger charge is 2.55. The summed E-state index contributed by atoms with van der Waals surface area (Å²) in [6.45, 7) is 0.102. The minimum Gasteiger partial charge on any atom is -0.431 e. The monoisotopic (exact) mass is 322 g/mol. The van der Waals surface area contributed by atoms with Crippen molar-refractivity contribution in [3.8, 4) is 0 Å². The van der Waals surface area contributed by atoms with Gasteiger partial charge in [-0.3, -0.25) is 9.69 Å². The highest BCUT2D eigenvalue weighted by molar-refractivity contribution is 5.83. The summed E-state index contributed by atoms with van der Waals surface area (Å²) in [5.41, 5.74) is -2.32. The van der Waals surface area contributed by atoms with Gasteiger partial charge in [-0.05, 0) is 0 Å². The lowest BCUT2D eigenvalue weighted by atomic mass is 10.1. The molecule has 1 rings (SSSR count). The number of hydrogen-bond donors (Lipinski definition) is 1. The Morgan fingerprint density at radius 3 is 2.19 bits per heavy atom. The Kier molecular flexibility index (Phi) is 4.76. The molecule has 1 heterocycles. The van der Waals surface area contributed by atoms with Crippen LogP contribution in [-0.2, 0) is 14.3 Å². The molecule has 0 aromatic rings. The van der Waals surface area contributed by atoms with E-state index in [1.165, 1.54) is 6.92 Å². The van der Waals surface area contributed by atoms with E-state index >= 15 is 0 Å². The molecule has 0 spiro atoms. The van der Waals surface area contributed by atoms with E-state index in [0.29, 0.717) is 0 Å². The third kappa shape index (κ3) is 3.77. The predicted octanol–water partition coefficient (Wildman–Crippen LogP) is 1.19. The summed E-state index contributed by atoms with van der Waals surface area (Å²) in [5.74, 6) is -4.99. The van der Waals surface area contributed by atoms with Gasteiger partial charge in [-0.25, -0.2) is 4.79 Å². The minimum absolute atomic E-state index is 0.0624. The van der Waals surface area contributed by atoms with Crippen molar-refractivity contribution >= 4 is 11.9 Å². The van der Waals surface area contributed by atoms with Gasteiger partial charge in [-0.15, -0.1) is 0 Å². The maximum absolute atomic E-state index is 12.5. The number of nitrogens with zero attached hydrogens (tertiary/aromatic N) is 1. The van der Waals surface area contributed by atoms with Gasteiger partial charge >= 0.3 is 24.2 Å². The first-order chi connectivity index (χ1) is 9.44. The van der Waals surface area contributed by atoms with Gasteiger partial charge in [0.1, 0.15) is 0 Å². The van der Waals surface area contributed by atoms with Crippen LogP contribution in [0.2, 0.25) is 0 Å². The van der Waals surface area contributed by atoms with E-state index in [4.69, 9.17) is 0 Å². The van der Waals surface area contributed by atoms with Gasteiger partial charge in [-0.2, -0.15) is 26.3 Å². The molecule has 5 nitrogen and oxygen atoms in total. The second-order valence-corrected chi connectivity index (χ2v) is 4.32. The average Bonchev–Trinajstić information content (AvgIpc) is 2.36. The van der Waals surface area contributed by atoms with Crippen molar-refractivity contribution in [1.82, 2.24) is 10.2 Å². The zero-order valence-electron chi connectivity index (χ0n) is 10.8. The Morgan fingerprint density at radius 1 is 1.19 bits per heavy atom. The van der Waals surface area contributed by atoms with Crippen LogP contribution in [0, 0.1) is 0 Å². The lowest BCUT2D eigenvalue weighted by Gasteiger charge is -2.45. The van der Waals surface area contributed by atoms with Gasteiger partial charge < -0.3 is 10.1 Å². The quantitative estimate of drug-likeness (QED) is 0.613. The van der Waals surface area contributed by atoms with Crippen LogP contribution in [0.1, 0.15) is 13.3 Å². The average molecular weight is 322 g/mol. The molecule has 1 atom stereocenters. The van der Waals surface area contributed by atoms with Crippen molar-refractivity contribution in [2.24, 2.45) is 0 Å². The van der Waals surface area contributed by atoms with Crippen molar-refractivity contribution in [2.45, 2.75) is 31.4 Å². The molecule has 11 heteroatoms. The Balaban J connectivity index is 3.09. The smallest absolute Gasteiger partial charge is 0.431 e. The second-order valence-electron chi connectivity index (χ2n) is 4.32. The van der Waals surface area contributed by atoms with E-state index in [1.54, 1.807) is 0 Å². The maximum atomic E-state index is 12.5. The molecule has 0 aromatic carbocycles. The fourth-order valence-electron chi connectivity index (χ4n) is 1.92. The summed E-state index contributed by atoms with van der Waals surface area (Å²) in [7, 11) is 0. The van der Waals surface area contributed by atoms with E-state index in [-0.39, 0.29) is 11.4 Å². The van der Waals surface area contributed by atoms with Crippen LogP contribution in [0.5, 0.6) is 0 Å². The van der Waals surface area contributed by atoms with E-state index in [1.807, 2.05) is 0 Å². The summed E-state index contributed by atoms with van der Waals surface area (Å²) >= 11 is 0. The Labute approximate surface area is 115 Å². The van der Waals surface area contributed by atoms with E-state index in [9.17, 15) is 35.9 Å². The van der Waals surface area contributed by atoms with Crippen molar-refractivity contribution in [2.75, 3.05) is 19.6 Å². The molecule has 0 aliphatic carbocycles. The zero-order valence-corrected chi connectivity index (χ0v) is 10.8. The number of piperazine rings is 1. The number of alkyl halides is 6. The number of nitrogens with one attached hydrogen (secondary N) is 1. The maximum Gasteiger partial charge on any atom is 0.491 e. The van der Waals surface area contributed by atoms with Crippen LogP contribution >= 0.6 is 0 Å². The van der Waals surface area contributed by atoms with Crippen LogP contribution in [-0.4, -0.2) is 54.5 Å². The van der Waals surface area contributed by atoms with Gasteiger partial charge in [0.05, 0.1) is 6.54 Å². The topological polar surface area (TPSA) is 58.6 Å². The molecule has 0 radical (unpaired) electrons. The fraction of sp³-hybridized carbons (Fsp3) is 0.800. The molecule has 1 aliphatic rings. The van der Waals surface area contributed by atoms with Crippen LogP contribution in [0.3, 0.4) is 0 Å². The third-order valence-corrected chi connectivity index (χ3v) is 2.96. The number of hydrogen-bond acceptors (Lipinski definition) is 4. The first-order valence-electron chi connectivity index (χ1n) is 5.84. The second kappa shape index (κ2) is 5.70. The van der Waals surface area contributed by atoms with E-state index in [2.05, 4.69) is 10.1 Å². The summed E-state index contributed by atoms with van der Waals surface area (Å²) in [5, 5.41) is 2.51. The van der Waals surface area contributed by atoms with Crippen LogP contribution in [0.15, 0.2) is 0 Å². The molecule has 0 saturated carbocycles. The Morgan fingerprint density at radius 2 is 1.76 bits per heavy atom. The third-order valence-electron chi connectivity index (χ3n) is 2.96. The highest BCUT2D eigenvalue weighted by atomic mass is 19.4. The normalized spacial score (nSPS) is 23.9. The van der Waals surface area contributed by atoms with Crippen LogP contribution in [0.25, 0.3) is 0 Å². The lowest BCUT2D eigenvalue weighted by Crippen LogP contribution is -2.67. The molecule has 1 fully saturated rings. The molecule has 21 heavy (non-hydrogen) atoms. The molecule has 0 bridgehead atoms. The predicted molar refractivity (Wildman–Crippen MR) is 55.8 cm³/mol. The van der Waals surface area contributed by atoms with E-state index in [0.717, 1.165) is 0 Å². The number of carbonyl (C=O) groups is 2. The largest absolute Gasteiger partial charge is 0.491 e. The number of rotatable bonds is 2. The zero-order chi connectivity index (χ0) is 16.5. The van der Waals surface area contributed by atoms with Gasteiger partial charge in [0.2, 0.25) is 5.72 Å². The molecule has 1 amide bonds. The fourth-order valence-corrected chi connectivity index (χ4v) is 1.92. The van der Waals surface area contributed by atoms with Crippen LogP contribution in [0.4, 0.5) is 26.3 Å². The van der Waals surface area contributed by atoms with Crippen molar-refractivity contribution < 1.29 is 40.7 Å². The molecule has 122 valence electrons. The molecule has 1 unspecified atom stereocenters. The summed E-state index contributed by atoms with van der Waals surface area (Å²) < 4.78 is 78.5. The lowest BCUT2D eigenvalue weighted by molar-refractivity contribution is -0.243.